The molecule has 2 aliphatic rings. The highest BCUT2D eigenvalue weighted by molar-refractivity contribution is 7.00. The lowest BCUT2D eigenvalue weighted by atomic mass is 10.1. The van der Waals surface area contributed by atoms with Crippen molar-refractivity contribution in [3.63, 3.8) is 0 Å². The standard InChI is InChI=1S/C37H48N2O6Si2/c1-25-21-30-34(45-46(9,10)36(2,3)4)39(35(41)42)29-23-32(31(43-8)22-28(29)33(40)38(30)24-25)44-47(37(5,6)7,26-17-13-11-14-18-26)27-19-15-12-16-20-27/h11-20,22-24,30,34H,21H2,1-10H3,(H,41,42). The number of hydrogen-bond acceptors (Lipinski definition) is 5. The van der Waals surface area contributed by atoms with Gasteiger partial charge in [-0.15, -0.1) is 0 Å². The lowest BCUT2D eigenvalue weighted by molar-refractivity contribution is 0.0603. The molecule has 3 aromatic carbocycles. The molecule has 5 rings (SSSR count). The largest absolute Gasteiger partial charge is 0.531 e. The van der Waals surface area contributed by atoms with Crippen LogP contribution in [-0.2, 0) is 4.43 Å². The molecule has 2 aliphatic heterocycles. The first-order valence-electron chi connectivity index (χ1n) is 16.1. The second kappa shape index (κ2) is 12.3. The highest BCUT2D eigenvalue weighted by atomic mass is 28.4. The molecule has 0 fully saturated rings. The quantitative estimate of drug-likeness (QED) is 0.260. The van der Waals surface area contributed by atoms with Gasteiger partial charge in [0.1, 0.15) is 5.75 Å². The molecule has 0 saturated carbocycles. The minimum absolute atomic E-state index is 0.195. The van der Waals surface area contributed by atoms with Crippen LogP contribution in [0.4, 0.5) is 10.5 Å². The molecule has 47 heavy (non-hydrogen) atoms. The fourth-order valence-electron chi connectivity index (χ4n) is 6.50. The molecule has 2 amide bonds. The Morgan fingerprint density at radius 2 is 1.43 bits per heavy atom. The number of ether oxygens (including phenoxy) is 1. The van der Waals surface area contributed by atoms with Gasteiger partial charge in [0.15, 0.2) is 20.3 Å². The normalized spacial score (nSPS) is 18.7. The summed E-state index contributed by atoms with van der Waals surface area (Å²) in [7, 11) is -4.13. The Bertz CT molecular complexity index is 1640. The Balaban J connectivity index is 1.78. The summed E-state index contributed by atoms with van der Waals surface area (Å²) in [6.45, 7) is 19.1. The zero-order valence-electron chi connectivity index (χ0n) is 29.3. The van der Waals surface area contributed by atoms with Crippen LogP contribution in [0.2, 0.25) is 23.2 Å². The maximum Gasteiger partial charge on any atom is 0.414 e. The van der Waals surface area contributed by atoms with Gasteiger partial charge in [-0.3, -0.25) is 4.79 Å². The number of hydrogen-bond donors (Lipinski definition) is 1. The average molecular weight is 673 g/mol. The van der Waals surface area contributed by atoms with E-state index in [1.807, 2.05) is 49.5 Å². The predicted octanol–water partition coefficient (Wildman–Crippen LogP) is 7.60. The van der Waals surface area contributed by atoms with E-state index in [1.54, 1.807) is 24.1 Å². The summed E-state index contributed by atoms with van der Waals surface area (Å²) < 4.78 is 20.2. The Hall–Kier alpha value is -3.87. The summed E-state index contributed by atoms with van der Waals surface area (Å²) in [5.41, 5.74) is 1.43. The molecule has 0 bridgehead atoms. The van der Waals surface area contributed by atoms with E-state index in [0.29, 0.717) is 17.9 Å². The first-order chi connectivity index (χ1) is 21.9. The molecule has 2 unspecified atom stereocenters. The summed E-state index contributed by atoms with van der Waals surface area (Å²) in [5, 5.41) is 12.5. The Morgan fingerprint density at radius 3 is 1.89 bits per heavy atom. The second-order valence-electron chi connectivity index (χ2n) is 15.2. The van der Waals surface area contributed by atoms with Crippen molar-refractivity contribution < 1.29 is 28.3 Å². The van der Waals surface area contributed by atoms with E-state index in [0.717, 1.165) is 15.9 Å². The van der Waals surface area contributed by atoms with Crippen molar-refractivity contribution >= 4 is 44.7 Å². The van der Waals surface area contributed by atoms with E-state index in [-0.39, 0.29) is 27.2 Å². The van der Waals surface area contributed by atoms with Crippen LogP contribution in [-0.4, -0.2) is 58.0 Å². The molecule has 250 valence electrons. The number of amides is 2. The number of nitrogens with zero attached hydrogens (tertiary/aromatic N) is 2. The highest BCUT2D eigenvalue weighted by Crippen LogP contribution is 2.47. The molecule has 0 spiro atoms. The second-order valence-corrected chi connectivity index (χ2v) is 24.1. The Morgan fingerprint density at radius 1 is 0.872 bits per heavy atom. The SMILES string of the molecule is COc1cc2c(cc1O[Si](c1ccccc1)(c1ccccc1)C(C)(C)C)N(C(=O)O)C(O[Si](C)(C)C(C)(C)C)C1CC(C)=CN1C2=O. The van der Waals surface area contributed by atoms with Gasteiger partial charge in [0.25, 0.3) is 5.91 Å². The van der Waals surface area contributed by atoms with E-state index in [9.17, 15) is 14.7 Å². The molecule has 10 heteroatoms. The van der Waals surface area contributed by atoms with Crippen molar-refractivity contribution in [2.75, 3.05) is 12.0 Å². The van der Waals surface area contributed by atoms with Gasteiger partial charge in [-0.2, -0.15) is 0 Å². The van der Waals surface area contributed by atoms with Gasteiger partial charge in [-0.25, -0.2) is 9.69 Å². The fraction of sp³-hybridized carbons (Fsp3) is 0.405. The molecule has 0 aromatic heterocycles. The number of anilines is 1. The highest BCUT2D eigenvalue weighted by Gasteiger charge is 2.54. The Kier molecular flexibility index (Phi) is 9.02. The van der Waals surface area contributed by atoms with Gasteiger partial charge < -0.3 is 23.6 Å². The van der Waals surface area contributed by atoms with Gasteiger partial charge in [-0.05, 0) is 53.0 Å². The summed E-state index contributed by atoms with van der Waals surface area (Å²) in [5.74, 6) is 0.430. The lowest BCUT2D eigenvalue weighted by Gasteiger charge is -2.44. The number of carbonyl (C=O) groups is 2. The molecular formula is C37H48N2O6Si2. The van der Waals surface area contributed by atoms with Crippen LogP contribution in [0.3, 0.4) is 0 Å². The van der Waals surface area contributed by atoms with Crippen LogP contribution in [0, 0.1) is 0 Å². The van der Waals surface area contributed by atoms with Crippen LogP contribution >= 0.6 is 0 Å². The summed E-state index contributed by atoms with van der Waals surface area (Å²) in [4.78, 5) is 30.6. The number of carboxylic acid groups (broad SMARTS) is 1. The minimum Gasteiger partial charge on any atom is -0.531 e. The van der Waals surface area contributed by atoms with Crippen LogP contribution in [0.5, 0.6) is 11.5 Å². The first kappa shape index (κ1) is 34.5. The van der Waals surface area contributed by atoms with Gasteiger partial charge in [0, 0.05) is 12.3 Å². The third kappa shape index (κ3) is 6.02. The molecule has 8 nitrogen and oxygen atoms in total. The molecule has 0 radical (unpaired) electrons. The van der Waals surface area contributed by atoms with Crippen molar-refractivity contribution in [1.29, 1.82) is 0 Å². The smallest absolute Gasteiger partial charge is 0.414 e. The average Bonchev–Trinajstić information content (AvgIpc) is 3.36. The molecular weight excluding hydrogens is 625 g/mol. The molecule has 0 saturated heterocycles. The zero-order valence-corrected chi connectivity index (χ0v) is 31.3. The summed E-state index contributed by atoms with van der Waals surface area (Å²) in [6.07, 6.45) is 0.200. The fourth-order valence-corrected chi connectivity index (χ4v) is 12.1. The van der Waals surface area contributed by atoms with Crippen molar-refractivity contribution in [3.05, 3.63) is 90.1 Å². The van der Waals surface area contributed by atoms with Crippen molar-refractivity contribution in [3.8, 4) is 11.5 Å². The first-order valence-corrected chi connectivity index (χ1v) is 21.0. The van der Waals surface area contributed by atoms with Gasteiger partial charge in [-0.1, -0.05) is 108 Å². The molecule has 0 aliphatic carbocycles. The third-order valence-electron chi connectivity index (χ3n) is 9.95. The van der Waals surface area contributed by atoms with E-state index in [2.05, 4.69) is 78.9 Å². The Labute approximate surface area is 281 Å². The molecule has 3 aromatic rings. The van der Waals surface area contributed by atoms with Crippen LogP contribution in [0.15, 0.2) is 84.6 Å². The van der Waals surface area contributed by atoms with E-state index >= 15 is 0 Å². The number of carbonyl (C=O) groups excluding carboxylic acids is 1. The number of methoxy groups -OCH3 is 1. The van der Waals surface area contributed by atoms with Crippen LogP contribution < -0.4 is 24.4 Å². The molecule has 2 atom stereocenters. The van der Waals surface area contributed by atoms with E-state index in [1.165, 1.54) is 4.90 Å². The summed E-state index contributed by atoms with van der Waals surface area (Å²) in [6, 6.07) is 23.2. The minimum atomic E-state index is -3.15. The van der Waals surface area contributed by atoms with Gasteiger partial charge in [0.05, 0.1) is 24.4 Å². The zero-order chi connectivity index (χ0) is 34.5. The van der Waals surface area contributed by atoms with Crippen molar-refractivity contribution in [2.24, 2.45) is 0 Å². The van der Waals surface area contributed by atoms with Crippen molar-refractivity contribution in [1.82, 2.24) is 4.90 Å². The molecule has 1 N–H and O–H groups in total. The monoisotopic (exact) mass is 672 g/mol. The van der Waals surface area contributed by atoms with E-state index in [4.69, 9.17) is 13.6 Å². The van der Waals surface area contributed by atoms with E-state index < -0.39 is 35.0 Å². The number of benzene rings is 3. The van der Waals surface area contributed by atoms with Crippen LogP contribution in [0.25, 0.3) is 0 Å². The van der Waals surface area contributed by atoms with Crippen LogP contribution in [0.1, 0.15) is 65.2 Å². The number of rotatable bonds is 7. The third-order valence-corrected chi connectivity index (χ3v) is 19.3. The maximum atomic E-state index is 14.3. The molecule has 2 heterocycles. The summed E-state index contributed by atoms with van der Waals surface area (Å²) >= 11 is 0. The predicted molar refractivity (Wildman–Crippen MR) is 192 cm³/mol. The van der Waals surface area contributed by atoms with Crippen molar-refractivity contribution in [2.45, 2.75) is 90.3 Å². The van der Waals surface area contributed by atoms with Gasteiger partial charge >= 0.3 is 14.4 Å². The maximum absolute atomic E-state index is 14.3. The number of fused-ring (bicyclic) bond motifs is 2. The van der Waals surface area contributed by atoms with Gasteiger partial charge in [0.2, 0.25) is 0 Å². The topological polar surface area (TPSA) is 88.5 Å². The lowest BCUT2D eigenvalue weighted by Crippen LogP contribution is -2.68.